The van der Waals surface area contributed by atoms with E-state index in [9.17, 15) is 14.9 Å². The first-order valence-electron chi connectivity index (χ1n) is 12.9. The van der Waals surface area contributed by atoms with Gasteiger partial charge in [-0.2, -0.15) is 5.26 Å². The van der Waals surface area contributed by atoms with Gasteiger partial charge in [-0.3, -0.25) is 9.59 Å². The molecule has 0 radical (unpaired) electrons. The minimum absolute atomic E-state index is 0.00531. The van der Waals surface area contributed by atoms with E-state index in [0.717, 1.165) is 6.07 Å². The highest BCUT2D eigenvalue weighted by atomic mass is 35.5. The summed E-state index contributed by atoms with van der Waals surface area (Å²) < 4.78 is 31.4. The SMILES string of the molecule is CC(C)(C)C[C@@H]1N[C@@H](C(=O)Nc2ccc(CC(=O)O)cc2)[C@H](c2cccc(Cl)c2F)[C@@]1(C#N)c1ccc(Cl)cc1F. The molecule has 0 saturated carbocycles. The van der Waals surface area contributed by atoms with Crippen LogP contribution in [0.15, 0.2) is 60.7 Å². The van der Waals surface area contributed by atoms with E-state index in [-0.39, 0.29) is 33.0 Å². The topological polar surface area (TPSA) is 102 Å². The molecule has 4 atom stereocenters. The lowest BCUT2D eigenvalue weighted by Crippen LogP contribution is -2.45. The van der Waals surface area contributed by atoms with E-state index in [2.05, 4.69) is 16.7 Å². The molecule has 3 aromatic rings. The minimum atomic E-state index is -1.74. The number of carbonyl (C=O) groups is 2. The number of hydrogen-bond donors (Lipinski definition) is 3. The summed E-state index contributed by atoms with van der Waals surface area (Å²) in [4.78, 5) is 24.9. The van der Waals surface area contributed by atoms with Crippen LogP contribution in [0, 0.1) is 28.4 Å². The van der Waals surface area contributed by atoms with Gasteiger partial charge in [0.15, 0.2) is 0 Å². The second kappa shape index (κ2) is 11.8. The summed E-state index contributed by atoms with van der Waals surface area (Å²) in [5.74, 6) is -4.31. The third kappa shape index (κ3) is 6.23. The molecule has 1 amide bonds. The Labute approximate surface area is 247 Å². The number of halogens is 4. The molecule has 0 bridgehead atoms. The maximum atomic E-state index is 15.7. The lowest BCUT2D eigenvalue weighted by molar-refractivity contribution is -0.136. The van der Waals surface area contributed by atoms with Gasteiger partial charge in [-0.25, -0.2) is 8.78 Å². The van der Waals surface area contributed by atoms with Gasteiger partial charge in [0, 0.05) is 28.2 Å². The van der Waals surface area contributed by atoms with Crippen LogP contribution >= 0.6 is 23.2 Å². The first-order chi connectivity index (χ1) is 19.3. The smallest absolute Gasteiger partial charge is 0.307 e. The van der Waals surface area contributed by atoms with Crippen LogP contribution < -0.4 is 10.6 Å². The fourth-order valence-electron chi connectivity index (χ4n) is 5.66. The van der Waals surface area contributed by atoms with Crippen LogP contribution in [0.1, 0.15) is 49.8 Å². The van der Waals surface area contributed by atoms with E-state index in [0.29, 0.717) is 17.7 Å². The van der Waals surface area contributed by atoms with Gasteiger partial charge in [0.05, 0.1) is 23.6 Å². The molecule has 41 heavy (non-hydrogen) atoms. The predicted molar refractivity (Wildman–Crippen MR) is 154 cm³/mol. The highest BCUT2D eigenvalue weighted by molar-refractivity contribution is 6.31. The Morgan fingerprint density at radius 2 is 1.78 bits per heavy atom. The quantitative estimate of drug-likeness (QED) is 0.275. The number of nitrogens with one attached hydrogen (secondary N) is 2. The van der Waals surface area contributed by atoms with Crippen molar-refractivity contribution in [2.45, 2.75) is 57.0 Å². The Balaban J connectivity index is 1.89. The number of rotatable bonds is 7. The van der Waals surface area contributed by atoms with Crippen LogP contribution in [-0.4, -0.2) is 29.1 Å². The monoisotopic (exact) mass is 599 g/mol. The van der Waals surface area contributed by atoms with Crippen molar-refractivity contribution in [2.75, 3.05) is 5.32 Å². The summed E-state index contributed by atoms with van der Waals surface area (Å²) in [7, 11) is 0. The van der Waals surface area contributed by atoms with Gasteiger partial charge >= 0.3 is 5.97 Å². The van der Waals surface area contributed by atoms with Crippen LogP contribution in [-0.2, 0) is 21.4 Å². The van der Waals surface area contributed by atoms with Crippen LogP contribution in [0.5, 0.6) is 0 Å². The molecule has 6 nitrogen and oxygen atoms in total. The summed E-state index contributed by atoms with van der Waals surface area (Å²) >= 11 is 12.2. The molecular formula is C31H29Cl2F2N3O3. The van der Waals surface area contributed by atoms with Gasteiger partial charge in [-0.15, -0.1) is 0 Å². The molecule has 10 heteroatoms. The zero-order chi connectivity index (χ0) is 30.1. The number of anilines is 1. The molecule has 0 unspecified atom stereocenters. The second-order valence-electron chi connectivity index (χ2n) is 11.4. The third-order valence-corrected chi connectivity index (χ3v) is 7.84. The number of carboxylic acid groups (broad SMARTS) is 1. The van der Waals surface area contributed by atoms with Gasteiger partial charge in [-0.1, -0.05) is 74.3 Å². The van der Waals surface area contributed by atoms with Crippen molar-refractivity contribution in [1.82, 2.24) is 5.32 Å². The van der Waals surface area contributed by atoms with E-state index in [1.807, 2.05) is 20.8 Å². The minimum Gasteiger partial charge on any atom is -0.481 e. The number of aliphatic carboxylic acids is 1. The average molecular weight is 600 g/mol. The molecule has 3 N–H and O–H groups in total. The summed E-state index contributed by atoms with van der Waals surface area (Å²) in [6.45, 7) is 5.86. The zero-order valence-corrected chi connectivity index (χ0v) is 24.2. The molecule has 4 rings (SSSR count). The number of nitrogens with zero attached hydrogens (tertiary/aromatic N) is 1. The number of benzene rings is 3. The van der Waals surface area contributed by atoms with E-state index in [1.165, 1.54) is 30.3 Å². The molecule has 1 aliphatic heterocycles. The van der Waals surface area contributed by atoms with Crippen molar-refractivity contribution >= 4 is 40.8 Å². The van der Waals surface area contributed by atoms with Gasteiger partial charge < -0.3 is 15.7 Å². The lowest BCUT2D eigenvalue weighted by Gasteiger charge is -2.37. The van der Waals surface area contributed by atoms with Crippen LogP contribution in [0.2, 0.25) is 10.0 Å². The fourth-order valence-corrected chi connectivity index (χ4v) is 6.00. The number of amides is 1. The number of carbonyl (C=O) groups excluding carboxylic acids is 1. The van der Waals surface area contributed by atoms with E-state index in [4.69, 9.17) is 28.3 Å². The van der Waals surface area contributed by atoms with Crippen molar-refractivity contribution in [1.29, 1.82) is 5.26 Å². The van der Waals surface area contributed by atoms with Gasteiger partial charge in [0.1, 0.15) is 17.0 Å². The van der Waals surface area contributed by atoms with Crippen molar-refractivity contribution < 1.29 is 23.5 Å². The van der Waals surface area contributed by atoms with E-state index >= 15 is 8.78 Å². The van der Waals surface area contributed by atoms with Gasteiger partial charge in [0.2, 0.25) is 5.91 Å². The van der Waals surface area contributed by atoms with Crippen molar-refractivity contribution in [3.8, 4) is 6.07 Å². The standard InChI is InChI=1S/C31H29Cl2F2N3O3/c1-30(2,3)15-24-31(16-36,21-12-9-18(32)14-23(21)34)26(20-5-4-6-22(33)27(20)35)28(38-24)29(41)37-19-10-7-17(8-11-19)13-25(39)40/h4-12,14,24,26,28,38H,13,15H2,1-3H3,(H,37,41)(H,39,40)/t24-,26-,28+,31-/m0/s1. The third-order valence-electron chi connectivity index (χ3n) is 7.31. The van der Waals surface area contributed by atoms with Crippen LogP contribution in [0.25, 0.3) is 0 Å². The fraction of sp³-hybridized carbons (Fsp3) is 0.323. The number of nitriles is 1. The molecule has 0 aromatic heterocycles. The number of carboxylic acids is 1. The normalized spacial score (nSPS) is 22.2. The highest BCUT2D eigenvalue weighted by Crippen LogP contribution is 2.52. The molecular weight excluding hydrogens is 571 g/mol. The summed E-state index contributed by atoms with van der Waals surface area (Å²) in [6.07, 6.45) is 0.162. The average Bonchev–Trinajstić information content (AvgIpc) is 3.19. The van der Waals surface area contributed by atoms with Crippen LogP contribution in [0.4, 0.5) is 14.5 Å². The largest absolute Gasteiger partial charge is 0.481 e. The Kier molecular flexibility index (Phi) is 8.74. The first-order valence-corrected chi connectivity index (χ1v) is 13.7. The Morgan fingerprint density at radius 1 is 1.10 bits per heavy atom. The lowest BCUT2D eigenvalue weighted by atomic mass is 9.62. The van der Waals surface area contributed by atoms with E-state index < -0.39 is 46.9 Å². The zero-order valence-electron chi connectivity index (χ0n) is 22.6. The molecule has 1 aliphatic rings. The number of hydrogen-bond acceptors (Lipinski definition) is 4. The summed E-state index contributed by atoms with van der Waals surface area (Å²) in [5.41, 5.74) is -1.21. The Bertz CT molecular complexity index is 1520. The molecule has 1 fully saturated rings. The second-order valence-corrected chi connectivity index (χ2v) is 12.3. The van der Waals surface area contributed by atoms with Crippen molar-refractivity contribution in [2.24, 2.45) is 5.41 Å². The molecule has 0 spiro atoms. The van der Waals surface area contributed by atoms with Crippen LogP contribution in [0.3, 0.4) is 0 Å². The highest BCUT2D eigenvalue weighted by Gasteiger charge is 2.61. The summed E-state index contributed by atoms with van der Waals surface area (Å²) in [6, 6.07) is 14.9. The first kappa shape index (κ1) is 30.4. The van der Waals surface area contributed by atoms with Gasteiger partial charge in [0.25, 0.3) is 0 Å². The maximum Gasteiger partial charge on any atom is 0.307 e. The molecule has 1 heterocycles. The molecule has 214 valence electrons. The van der Waals surface area contributed by atoms with Crippen molar-refractivity contribution in [3.05, 3.63) is 99.0 Å². The Morgan fingerprint density at radius 3 is 2.37 bits per heavy atom. The predicted octanol–water partition coefficient (Wildman–Crippen LogP) is 6.86. The van der Waals surface area contributed by atoms with E-state index in [1.54, 1.807) is 24.3 Å². The molecule has 1 saturated heterocycles. The maximum absolute atomic E-state index is 15.7. The van der Waals surface area contributed by atoms with Crippen molar-refractivity contribution in [3.63, 3.8) is 0 Å². The Hall–Kier alpha value is -3.51. The van der Waals surface area contributed by atoms with Gasteiger partial charge in [-0.05, 0) is 53.3 Å². The molecule has 0 aliphatic carbocycles. The molecule has 3 aromatic carbocycles. The summed E-state index contributed by atoms with van der Waals surface area (Å²) in [5, 5.41) is 25.9.